The summed E-state index contributed by atoms with van der Waals surface area (Å²) in [7, 11) is 3.90. The SMILES string of the molecule is C=C(Nc1cccc(Nc2ccc(Cl)c(-c3c[nH]c4ccccc34)n2)c1)c1ccc(NC(=O)/C=C/CN(C)C)cc1. The van der Waals surface area contributed by atoms with Crippen molar-refractivity contribution in [1.29, 1.82) is 0 Å². The maximum atomic E-state index is 12.1. The number of hydrogen-bond acceptors (Lipinski definition) is 5. The van der Waals surface area contributed by atoms with Crippen molar-refractivity contribution in [1.82, 2.24) is 14.9 Å². The normalized spacial score (nSPS) is 11.2. The molecule has 0 saturated heterocycles. The Labute approximate surface area is 244 Å². The van der Waals surface area contributed by atoms with Crippen LogP contribution >= 0.6 is 11.6 Å². The highest BCUT2D eigenvalue weighted by Gasteiger charge is 2.12. The van der Waals surface area contributed by atoms with Crippen molar-refractivity contribution >= 4 is 57.0 Å². The fourth-order valence-corrected chi connectivity index (χ4v) is 4.55. The molecule has 0 aliphatic rings. The van der Waals surface area contributed by atoms with Gasteiger partial charge in [-0.3, -0.25) is 4.79 Å². The van der Waals surface area contributed by atoms with Gasteiger partial charge in [-0.15, -0.1) is 0 Å². The quantitative estimate of drug-likeness (QED) is 0.131. The van der Waals surface area contributed by atoms with Crippen molar-refractivity contribution in [2.24, 2.45) is 0 Å². The molecular weight excluding hydrogens is 532 g/mol. The average molecular weight is 563 g/mol. The van der Waals surface area contributed by atoms with Crippen LogP contribution in [0.15, 0.2) is 110 Å². The number of anilines is 4. The Balaban J connectivity index is 1.24. The molecule has 4 N–H and O–H groups in total. The molecule has 0 bridgehead atoms. The second-order valence-electron chi connectivity index (χ2n) is 9.82. The molecule has 3 aromatic carbocycles. The summed E-state index contributed by atoms with van der Waals surface area (Å²) in [5, 5.41) is 11.3. The van der Waals surface area contributed by atoms with E-state index >= 15 is 0 Å². The number of aromatic amines is 1. The summed E-state index contributed by atoms with van der Waals surface area (Å²) < 4.78 is 0. The summed E-state index contributed by atoms with van der Waals surface area (Å²) in [6, 6.07) is 27.2. The maximum absolute atomic E-state index is 12.1. The van der Waals surface area contributed by atoms with Crippen LogP contribution in [-0.2, 0) is 4.79 Å². The van der Waals surface area contributed by atoms with Crippen LogP contribution in [0.25, 0.3) is 27.9 Å². The van der Waals surface area contributed by atoms with E-state index in [1.807, 2.05) is 110 Å². The molecule has 0 unspecified atom stereocenters. The molecule has 0 fully saturated rings. The van der Waals surface area contributed by atoms with E-state index < -0.39 is 0 Å². The second kappa shape index (κ2) is 12.6. The van der Waals surface area contributed by atoms with Gasteiger partial charge in [0.05, 0.1) is 10.7 Å². The molecule has 7 nitrogen and oxygen atoms in total. The smallest absolute Gasteiger partial charge is 0.248 e. The third-order valence-corrected chi connectivity index (χ3v) is 6.67. The number of benzene rings is 3. The molecule has 0 saturated carbocycles. The summed E-state index contributed by atoms with van der Waals surface area (Å²) in [6.45, 7) is 4.90. The van der Waals surface area contributed by atoms with Gasteiger partial charge in [-0.1, -0.05) is 60.7 Å². The van der Waals surface area contributed by atoms with Gasteiger partial charge < -0.3 is 25.8 Å². The van der Waals surface area contributed by atoms with Crippen LogP contribution in [0.5, 0.6) is 0 Å². The minimum absolute atomic E-state index is 0.162. The average Bonchev–Trinajstić information content (AvgIpc) is 3.38. The Kier molecular flexibility index (Phi) is 8.48. The van der Waals surface area contributed by atoms with Gasteiger partial charge in [0.1, 0.15) is 5.82 Å². The number of H-pyrrole nitrogens is 1. The lowest BCUT2D eigenvalue weighted by Gasteiger charge is -2.13. The van der Waals surface area contributed by atoms with Gasteiger partial charge in [0.2, 0.25) is 5.91 Å². The number of likely N-dealkylation sites (N-methyl/N-ethyl adjacent to an activating group) is 1. The Morgan fingerprint density at radius 1 is 0.951 bits per heavy atom. The van der Waals surface area contributed by atoms with Crippen molar-refractivity contribution in [3.8, 4) is 11.3 Å². The number of aromatic nitrogens is 2. The Hall–Kier alpha value is -4.85. The number of carbonyl (C=O) groups is 1. The van der Waals surface area contributed by atoms with Crippen LogP contribution in [0.2, 0.25) is 5.02 Å². The molecule has 8 heteroatoms. The number of hydrogen-bond donors (Lipinski definition) is 4. The lowest BCUT2D eigenvalue weighted by Crippen LogP contribution is -2.12. The number of nitrogens with zero attached hydrogens (tertiary/aromatic N) is 2. The van der Waals surface area contributed by atoms with Crippen LogP contribution in [0.4, 0.5) is 22.9 Å². The van der Waals surface area contributed by atoms with Crippen LogP contribution in [0.1, 0.15) is 5.56 Å². The molecule has 0 atom stereocenters. The predicted molar refractivity (Wildman–Crippen MR) is 172 cm³/mol. The molecule has 0 aliphatic carbocycles. The third kappa shape index (κ3) is 7.03. The minimum atomic E-state index is -0.162. The zero-order valence-corrected chi connectivity index (χ0v) is 23.7. The van der Waals surface area contributed by atoms with Crippen molar-refractivity contribution in [3.05, 3.63) is 120 Å². The monoisotopic (exact) mass is 562 g/mol. The molecule has 5 aromatic rings. The van der Waals surface area contributed by atoms with Crippen LogP contribution in [0, 0.1) is 0 Å². The highest BCUT2D eigenvalue weighted by molar-refractivity contribution is 6.33. The highest BCUT2D eigenvalue weighted by atomic mass is 35.5. The topological polar surface area (TPSA) is 85.1 Å². The molecule has 1 amide bonds. The predicted octanol–water partition coefficient (Wildman–Crippen LogP) is 7.77. The van der Waals surface area contributed by atoms with Gasteiger partial charge in [0.25, 0.3) is 0 Å². The Morgan fingerprint density at radius 3 is 2.54 bits per heavy atom. The highest BCUT2D eigenvalue weighted by Crippen LogP contribution is 2.33. The van der Waals surface area contributed by atoms with Crippen molar-refractivity contribution in [3.63, 3.8) is 0 Å². The summed E-state index contributed by atoms with van der Waals surface area (Å²) in [5.41, 5.74) is 6.79. The first-order valence-electron chi connectivity index (χ1n) is 13.1. The van der Waals surface area contributed by atoms with Crippen LogP contribution in [0.3, 0.4) is 0 Å². The number of rotatable bonds is 10. The van der Waals surface area contributed by atoms with Gasteiger partial charge >= 0.3 is 0 Å². The number of nitrogens with one attached hydrogen (secondary N) is 4. The molecule has 41 heavy (non-hydrogen) atoms. The van der Waals surface area contributed by atoms with Crippen LogP contribution < -0.4 is 16.0 Å². The number of amides is 1. The number of fused-ring (bicyclic) bond motifs is 1. The van der Waals surface area contributed by atoms with E-state index in [0.29, 0.717) is 23.1 Å². The summed E-state index contributed by atoms with van der Waals surface area (Å²) in [6.07, 6.45) is 5.30. The number of halogens is 1. The van der Waals surface area contributed by atoms with Crippen molar-refractivity contribution in [2.45, 2.75) is 0 Å². The Morgan fingerprint density at radius 2 is 1.73 bits per heavy atom. The molecular formula is C33H31ClN6O. The maximum Gasteiger partial charge on any atom is 0.248 e. The van der Waals surface area contributed by atoms with Crippen LogP contribution in [-0.4, -0.2) is 41.4 Å². The van der Waals surface area contributed by atoms with E-state index in [0.717, 1.165) is 44.8 Å². The fraction of sp³-hybridized carbons (Fsp3) is 0.0909. The molecule has 2 aromatic heterocycles. The molecule has 2 heterocycles. The molecule has 206 valence electrons. The third-order valence-electron chi connectivity index (χ3n) is 6.36. The first-order chi connectivity index (χ1) is 19.9. The standard InChI is InChI=1S/C33H31ClN6O/c1-22(23-13-15-24(16-14-23)38-32(41)12-7-19-40(2)3)36-25-8-6-9-26(20-25)37-31-18-17-29(34)33(39-31)28-21-35-30-11-5-4-10-27(28)30/h4-18,20-21,35-36H,1,19H2,2-3H3,(H,37,39)(H,38,41)/b12-7+. The van der Waals surface area contributed by atoms with Gasteiger partial charge in [-0.05, 0) is 68.2 Å². The van der Waals surface area contributed by atoms with E-state index in [9.17, 15) is 4.79 Å². The summed E-state index contributed by atoms with van der Waals surface area (Å²) >= 11 is 6.55. The van der Waals surface area contributed by atoms with Crippen molar-refractivity contribution in [2.75, 3.05) is 36.6 Å². The lowest BCUT2D eigenvalue weighted by atomic mass is 10.1. The minimum Gasteiger partial charge on any atom is -0.360 e. The van der Waals surface area contributed by atoms with E-state index in [1.54, 1.807) is 0 Å². The summed E-state index contributed by atoms with van der Waals surface area (Å²) in [5.74, 6) is 0.518. The second-order valence-corrected chi connectivity index (χ2v) is 10.2. The summed E-state index contributed by atoms with van der Waals surface area (Å²) in [4.78, 5) is 22.2. The van der Waals surface area contributed by atoms with E-state index in [4.69, 9.17) is 16.6 Å². The van der Waals surface area contributed by atoms with E-state index in [1.165, 1.54) is 6.08 Å². The zero-order valence-electron chi connectivity index (χ0n) is 22.9. The van der Waals surface area contributed by atoms with Crippen molar-refractivity contribution < 1.29 is 4.79 Å². The van der Waals surface area contributed by atoms with Gasteiger partial charge in [0.15, 0.2) is 0 Å². The first-order valence-corrected chi connectivity index (χ1v) is 13.5. The van der Waals surface area contributed by atoms with E-state index in [-0.39, 0.29) is 5.91 Å². The van der Waals surface area contributed by atoms with Gasteiger partial charge in [-0.25, -0.2) is 4.98 Å². The van der Waals surface area contributed by atoms with Gasteiger partial charge in [-0.2, -0.15) is 0 Å². The number of pyridine rings is 1. The molecule has 5 rings (SSSR count). The molecule has 0 aliphatic heterocycles. The largest absolute Gasteiger partial charge is 0.360 e. The number of carbonyl (C=O) groups excluding carboxylic acids is 1. The first kappa shape index (κ1) is 27.7. The molecule has 0 spiro atoms. The van der Waals surface area contributed by atoms with E-state index in [2.05, 4.69) is 33.6 Å². The molecule has 0 radical (unpaired) electrons. The van der Waals surface area contributed by atoms with Gasteiger partial charge in [0, 0.05) is 58.0 Å². The zero-order chi connectivity index (χ0) is 28.8. The lowest BCUT2D eigenvalue weighted by molar-refractivity contribution is -0.111. The Bertz CT molecular complexity index is 1720. The fourth-order valence-electron chi connectivity index (χ4n) is 4.35. The number of para-hydroxylation sites is 1.